The summed E-state index contributed by atoms with van der Waals surface area (Å²) in [5.74, 6) is 0.490. The van der Waals surface area contributed by atoms with Gasteiger partial charge in [0.15, 0.2) is 5.76 Å². The van der Waals surface area contributed by atoms with E-state index < -0.39 is 10.0 Å². The van der Waals surface area contributed by atoms with Gasteiger partial charge in [0.25, 0.3) is 15.9 Å². The summed E-state index contributed by atoms with van der Waals surface area (Å²) in [7, 11) is -3.81. The minimum Gasteiger partial charge on any atom is -0.455 e. The monoisotopic (exact) mass is 540 g/mol. The highest BCUT2D eigenvalue weighted by Crippen LogP contribution is 2.33. The number of hydrazone groups is 1. The number of fused-ring (bicyclic) bond motifs is 4. The molecule has 198 valence electrons. The van der Waals surface area contributed by atoms with Crippen LogP contribution in [0.1, 0.15) is 47.2 Å². The average molecular weight is 541 g/mol. The molecule has 0 spiro atoms. The van der Waals surface area contributed by atoms with Crippen LogP contribution in [-0.4, -0.2) is 24.6 Å². The summed E-state index contributed by atoms with van der Waals surface area (Å²) in [6.45, 7) is 4.77. The number of sulfonamides is 1. The molecule has 0 fully saturated rings. The molecule has 0 saturated carbocycles. The van der Waals surface area contributed by atoms with Crippen molar-refractivity contribution < 1.29 is 17.6 Å². The third kappa shape index (κ3) is 4.38. The highest BCUT2D eigenvalue weighted by molar-refractivity contribution is 7.89. The van der Waals surface area contributed by atoms with Gasteiger partial charge in [-0.25, -0.2) is 0 Å². The van der Waals surface area contributed by atoms with E-state index in [0.717, 1.165) is 34.8 Å². The molecule has 0 aliphatic heterocycles. The quantitative estimate of drug-likeness (QED) is 0.258. The van der Waals surface area contributed by atoms with Crippen LogP contribution in [0.3, 0.4) is 0 Å². The van der Waals surface area contributed by atoms with Crippen molar-refractivity contribution >= 4 is 49.1 Å². The number of amides is 1. The zero-order chi connectivity index (χ0) is 27.1. The molecule has 5 aromatic rings. The molecule has 0 saturated heterocycles. The Morgan fingerprint density at radius 2 is 1.72 bits per heavy atom. The first-order chi connectivity index (χ1) is 18.9. The van der Waals surface area contributed by atoms with E-state index in [1.165, 1.54) is 12.1 Å². The zero-order valence-electron chi connectivity index (χ0n) is 21.7. The van der Waals surface area contributed by atoms with Gasteiger partial charge in [-0.05, 0) is 63.1 Å². The summed E-state index contributed by atoms with van der Waals surface area (Å²) in [5, 5.41) is 9.44. The van der Waals surface area contributed by atoms with Gasteiger partial charge in [0.05, 0.1) is 10.6 Å². The summed E-state index contributed by atoms with van der Waals surface area (Å²) in [6, 6.07) is 22.2. The Kier molecular flexibility index (Phi) is 6.23. The maximum absolute atomic E-state index is 13.4. The van der Waals surface area contributed by atoms with Crippen molar-refractivity contribution in [3.63, 3.8) is 0 Å². The minimum atomic E-state index is -3.81. The van der Waals surface area contributed by atoms with E-state index in [9.17, 15) is 13.2 Å². The Labute approximate surface area is 226 Å². The number of hydrogen-bond acceptors (Lipinski definition) is 5. The molecule has 2 heterocycles. The van der Waals surface area contributed by atoms with E-state index in [-0.39, 0.29) is 16.6 Å². The number of carbonyl (C=O) groups is 1. The van der Waals surface area contributed by atoms with Gasteiger partial charge in [-0.3, -0.25) is 4.79 Å². The van der Waals surface area contributed by atoms with Crippen molar-refractivity contribution in [3.8, 4) is 0 Å². The van der Waals surface area contributed by atoms with E-state index in [2.05, 4.69) is 38.9 Å². The molecule has 0 atom stereocenters. The lowest BCUT2D eigenvalue weighted by Gasteiger charge is -2.14. The Bertz CT molecular complexity index is 1870. The van der Waals surface area contributed by atoms with Gasteiger partial charge in [0.2, 0.25) is 0 Å². The maximum atomic E-state index is 13.4. The molecule has 1 aliphatic carbocycles. The Morgan fingerprint density at radius 3 is 2.51 bits per heavy atom. The standard InChI is InChI=1S/C30H28N4O4S/c1-3-34-25-14-8-7-12-22(25)23-18-20(16-17-26(23)34)31-30(35)29-19(2)28-24(13-9-15-27(28)38-29)32-33-39(36,37)21-10-5-4-6-11-21/h4-8,10-12,14,16-18,33H,3,9,13,15H2,1-2H3,(H,31,35)/b32-24+. The van der Waals surface area contributed by atoms with Crippen LogP contribution < -0.4 is 10.1 Å². The summed E-state index contributed by atoms with van der Waals surface area (Å²) >= 11 is 0. The van der Waals surface area contributed by atoms with Crippen LogP contribution in [0.2, 0.25) is 0 Å². The van der Waals surface area contributed by atoms with Gasteiger partial charge in [-0.2, -0.15) is 18.4 Å². The predicted octanol–water partition coefficient (Wildman–Crippen LogP) is 5.99. The van der Waals surface area contributed by atoms with Gasteiger partial charge in [-0.1, -0.05) is 36.4 Å². The molecule has 0 bridgehead atoms. The number of furan rings is 1. The van der Waals surface area contributed by atoms with Gasteiger partial charge in [-0.15, -0.1) is 0 Å². The maximum Gasteiger partial charge on any atom is 0.291 e. The SMILES string of the molecule is CCn1c2ccccc2c2cc(NC(=O)c3oc4c(c3C)/C(=N/NS(=O)(=O)c3ccccc3)CCC4)ccc21. The van der Waals surface area contributed by atoms with Crippen molar-refractivity contribution in [3.05, 3.63) is 95.4 Å². The second-order valence-corrected chi connectivity index (χ2v) is 11.3. The lowest BCUT2D eigenvalue weighted by Crippen LogP contribution is -2.22. The van der Waals surface area contributed by atoms with Gasteiger partial charge in [0, 0.05) is 51.6 Å². The smallest absolute Gasteiger partial charge is 0.291 e. The number of nitrogens with one attached hydrogen (secondary N) is 2. The Balaban J connectivity index is 1.29. The fourth-order valence-corrected chi connectivity index (χ4v) is 6.28. The molecular formula is C30H28N4O4S. The molecule has 2 aromatic heterocycles. The van der Waals surface area contributed by atoms with Crippen molar-refractivity contribution in [2.75, 3.05) is 5.32 Å². The van der Waals surface area contributed by atoms with Crippen LogP contribution in [0.15, 0.2) is 87.2 Å². The summed E-state index contributed by atoms with van der Waals surface area (Å²) in [6.07, 6.45) is 1.96. The topological polar surface area (TPSA) is 106 Å². The number of para-hydroxylation sites is 1. The van der Waals surface area contributed by atoms with Crippen molar-refractivity contribution in [1.29, 1.82) is 0 Å². The molecule has 9 heteroatoms. The zero-order valence-corrected chi connectivity index (χ0v) is 22.5. The molecule has 0 radical (unpaired) electrons. The second kappa shape index (κ2) is 9.74. The van der Waals surface area contributed by atoms with Crippen LogP contribution in [0.4, 0.5) is 5.69 Å². The number of anilines is 1. The molecule has 8 nitrogen and oxygen atoms in total. The highest BCUT2D eigenvalue weighted by atomic mass is 32.2. The largest absolute Gasteiger partial charge is 0.455 e. The third-order valence-corrected chi connectivity index (χ3v) is 8.46. The molecule has 1 aliphatic rings. The summed E-state index contributed by atoms with van der Waals surface area (Å²) in [5.41, 5.74) is 4.84. The second-order valence-electron chi connectivity index (χ2n) is 9.62. The first kappa shape index (κ1) is 24.9. The fraction of sp³-hybridized carbons (Fsp3) is 0.200. The van der Waals surface area contributed by atoms with Crippen LogP contribution in [0.25, 0.3) is 21.8 Å². The number of aromatic nitrogens is 1. The van der Waals surface area contributed by atoms with E-state index >= 15 is 0 Å². The van der Waals surface area contributed by atoms with Gasteiger partial charge >= 0.3 is 0 Å². The number of carbonyl (C=O) groups excluding carboxylic acids is 1. The van der Waals surface area contributed by atoms with E-state index in [1.807, 2.05) is 37.3 Å². The molecule has 1 amide bonds. The minimum absolute atomic E-state index is 0.133. The van der Waals surface area contributed by atoms with Crippen LogP contribution in [-0.2, 0) is 23.0 Å². The molecular weight excluding hydrogens is 512 g/mol. The molecule has 3 aromatic carbocycles. The lowest BCUT2D eigenvalue weighted by atomic mass is 9.93. The normalized spacial score (nSPS) is 14.6. The van der Waals surface area contributed by atoms with Crippen molar-refractivity contribution in [2.45, 2.75) is 44.6 Å². The van der Waals surface area contributed by atoms with Crippen LogP contribution in [0.5, 0.6) is 0 Å². The van der Waals surface area contributed by atoms with Gasteiger partial charge in [0.1, 0.15) is 5.76 Å². The lowest BCUT2D eigenvalue weighted by molar-refractivity contribution is 0.0994. The molecule has 2 N–H and O–H groups in total. The van der Waals surface area contributed by atoms with E-state index in [0.29, 0.717) is 41.1 Å². The summed E-state index contributed by atoms with van der Waals surface area (Å²) < 4.78 is 33.6. The molecule has 6 rings (SSSR count). The Morgan fingerprint density at radius 1 is 0.974 bits per heavy atom. The number of aryl methyl sites for hydroxylation is 2. The number of rotatable bonds is 6. The number of benzene rings is 3. The predicted molar refractivity (Wildman–Crippen MR) is 153 cm³/mol. The molecule has 0 unspecified atom stereocenters. The van der Waals surface area contributed by atoms with E-state index in [1.54, 1.807) is 18.2 Å². The first-order valence-corrected chi connectivity index (χ1v) is 14.4. The number of nitrogens with zero attached hydrogens (tertiary/aromatic N) is 2. The van der Waals surface area contributed by atoms with Gasteiger partial charge < -0.3 is 14.3 Å². The highest BCUT2D eigenvalue weighted by Gasteiger charge is 2.28. The summed E-state index contributed by atoms with van der Waals surface area (Å²) in [4.78, 5) is 15.8. The van der Waals surface area contributed by atoms with E-state index in [4.69, 9.17) is 4.42 Å². The van der Waals surface area contributed by atoms with Crippen molar-refractivity contribution in [1.82, 2.24) is 9.40 Å². The fourth-order valence-electron chi connectivity index (χ4n) is 5.42. The average Bonchev–Trinajstić information content (AvgIpc) is 3.47. The Hall–Kier alpha value is -4.37. The van der Waals surface area contributed by atoms with Crippen LogP contribution >= 0.6 is 0 Å². The molecule has 39 heavy (non-hydrogen) atoms. The van der Waals surface area contributed by atoms with Crippen LogP contribution in [0, 0.1) is 6.92 Å². The number of hydrogen-bond donors (Lipinski definition) is 2. The van der Waals surface area contributed by atoms with Crippen molar-refractivity contribution in [2.24, 2.45) is 5.10 Å². The first-order valence-electron chi connectivity index (χ1n) is 13.0. The third-order valence-electron chi connectivity index (χ3n) is 7.23.